The molecule has 0 aliphatic carbocycles. The maximum absolute atomic E-state index is 11.6. The molecule has 0 amide bonds. The Bertz CT molecular complexity index is 1090. The lowest BCUT2D eigenvalue weighted by Crippen LogP contribution is -2.40. The van der Waals surface area contributed by atoms with Crippen LogP contribution in [0.4, 0.5) is 11.4 Å². The number of hydrogen-bond donors (Lipinski definition) is 0. The number of benzene rings is 2. The first kappa shape index (κ1) is 26.5. The Morgan fingerprint density at radius 3 is 1.61 bits per heavy atom. The van der Waals surface area contributed by atoms with Crippen LogP contribution in [-0.4, -0.2) is 48.1 Å². The molecule has 3 rings (SSSR count). The topological polar surface area (TPSA) is 109 Å². The predicted molar refractivity (Wildman–Crippen MR) is 134 cm³/mol. The van der Waals surface area contributed by atoms with E-state index in [4.69, 9.17) is 9.47 Å². The molecule has 190 valence electrons. The van der Waals surface area contributed by atoms with Crippen LogP contribution in [-0.2, 0) is 32.3 Å². The van der Waals surface area contributed by atoms with E-state index < -0.39 is 5.97 Å². The summed E-state index contributed by atoms with van der Waals surface area (Å²) in [5.74, 6) is -0.760. The standard InChI is InChI=1S/C26H32N6O4/c1-19(2)25(33)35-17-21-5-9-23(10-6-21)27-29-31-13-15-32(16-14-31)30-28-24-11-7-22(8-12-24)18-36-26(34)20(3)4/h5-12,20H,1,13-18H2,2-4H3. The largest absolute Gasteiger partial charge is 0.461 e. The summed E-state index contributed by atoms with van der Waals surface area (Å²) in [5.41, 5.74) is 3.59. The highest BCUT2D eigenvalue weighted by Crippen LogP contribution is 2.18. The van der Waals surface area contributed by atoms with Gasteiger partial charge >= 0.3 is 11.9 Å². The Labute approximate surface area is 211 Å². The third kappa shape index (κ3) is 8.61. The molecule has 2 aromatic carbocycles. The molecule has 0 spiro atoms. The van der Waals surface area contributed by atoms with Gasteiger partial charge in [0, 0.05) is 5.57 Å². The summed E-state index contributed by atoms with van der Waals surface area (Å²) in [6.45, 7) is 12.0. The molecular formula is C26H32N6O4. The van der Waals surface area contributed by atoms with Crippen molar-refractivity contribution in [2.75, 3.05) is 26.2 Å². The summed E-state index contributed by atoms with van der Waals surface area (Å²) in [5, 5.41) is 21.0. The average molecular weight is 493 g/mol. The molecule has 2 aromatic rings. The van der Waals surface area contributed by atoms with Crippen molar-refractivity contribution in [1.82, 2.24) is 10.0 Å². The van der Waals surface area contributed by atoms with Gasteiger partial charge in [0.2, 0.25) is 0 Å². The van der Waals surface area contributed by atoms with Crippen molar-refractivity contribution in [3.8, 4) is 0 Å². The number of hydrogen-bond acceptors (Lipinski definition) is 8. The van der Waals surface area contributed by atoms with Gasteiger partial charge in [-0.3, -0.25) is 14.8 Å². The molecule has 1 aliphatic heterocycles. The summed E-state index contributed by atoms with van der Waals surface area (Å²) < 4.78 is 10.4. The van der Waals surface area contributed by atoms with Crippen LogP contribution >= 0.6 is 0 Å². The highest BCUT2D eigenvalue weighted by atomic mass is 16.5. The van der Waals surface area contributed by atoms with E-state index in [2.05, 4.69) is 27.3 Å². The zero-order chi connectivity index (χ0) is 25.9. The van der Waals surface area contributed by atoms with Crippen LogP contribution in [0.2, 0.25) is 0 Å². The van der Waals surface area contributed by atoms with Crippen LogP contribution in [0.1, 0.15) is 31.9 Å². The van der Waals surface area contributed by atoms with Gasteiger partial charge < -0.3 is 9.47 Å². The smallest absolute Gasteiger partial charge is 0.333 e. The van der Waals surface area contributed by atoms with E-state index in [9.17, 15) is 9.59 Å². The molecule has 36 heavy (non-hydrogen) atoms. The molecule has 0 bridgehead atoms. The van der Waals surface area contributed by atoms with Crippen molar-refractivity contribution in [3.05, 3.63) is 71.8 Å². The van der Waals surface area contributed by atoms with Gasteiger partial charge in [-0.2, -0.15) is 0 Å². The fourth-order valence-corrected chi connectivity index (χ4v) is 3.00. The van der Waals surface area contributed by atoms with E-state index in [0.29, 0.717) is 31.8 Å². The molecule has 0 unspecified atom stereocenters. The lowest BCUT2D eigenvalue weighted by atomic mass is 10.2. The van der Waals surface area contributed by atoms with Crippen LogP contribution in [0.5, 0.6) is 0 Å². The minimum Gasteiger partial charge on any atom is -0.461 e. The summed E-state index contributed by atoms with van der Waals surface area (Å²) in [6, 6.07) is 14.8. The van der Waals surface area contributed by atoms with Crippen molar-refractivity contribution in [1.29, 1.82) is 0 Å². The Kier molecular flexibility index (Phi) is 9.67. The molecule has 0 atom stereocenters. The molecule has 0 N–H and O–H groups in total. The summed E-state index contributed by atoms with van der Waals surface area (Å²) in [4.78, 5) is 23.1. The number of nitrogens with zero attached hydrogens (tertiary/aromatic N) is 6. The fraction of sp³-hybridized carbons (Fsp3) is 0.385. The third-order valence-electron chi connectivity index (χ3n) is 5.25. The minimum atomic E-state index is -0.406. The van der Waals surface area contributed by atoms with E-state index in [1.165, 1.54) is 0 Å². The molecule has 1 fully saturated rings. The van der Waals surface area contributed by atoms with Crippen molar-refractivity contribution in [2.45, 2.75) is 34.0 Å². The zero-order valence-corrected chi connectivity index (χ0v) is 21.0. The van der Waals surface area contributed by atoms with Gasteiger partial charge in [-0.15, -0.1) is 10.2 Å². The quantitative estimate of drug-likeness (QED) is 0.252. The molecule has 0 radical (unpaired) electrons. The van der Waals surface area contributed by atoms with Crippen LogP contribution in [0.15, 0.2) is 81.4 Å². The van der Waals surface area contributed by atoms with Gasteiger partial charge in [-0.05, 0) is 42.3 Å². The van der Waals surface area contributed by atoms with Crippen LogP contribution in [0.25, 0.3) is 0 Å². The lowest BCUT2D eigenvalue weighted by molar-refractivity contribution is -0.148. The van der Waals surface area contributed by atoms with Gasteiger partial charge in [-0.1, -0.05) is 55.1 Å². The molecule has 10 heteroatoms. The van der Waals surface area contributed by atoms with Crippen molar-refractivity contribution in [3.63, 3.8) is 0 Å². The van der Waals surface area contributed by atoms with Crippen LogP contribution < -0.4 is 0 Å². The van der Waals surface area contributed by atoms with Crippen molar-refractivity contribution in [2.24, 2.45) is 26.6 Å². The monoisotopic (exact) mass is 492 g/mol. The number of carbonyl (C=O) groups excluding carboxylic acids is 2. The Morgan fingerprint density at radius 1 is 0.806 bits per heavy atom. The van der Waals surface area contributed by atoms with E-state index in [0.717, 1.165) is 22.5 Å². The number of carbonyl (C=O) groups is 2. The highest BCUT2D eigenvalue weighted by molar-refractivity contribution is 5.86. The lowest BCUT2D eigenvalue weighted by Gasteiger charge is -2.29. The van der Waals surface area contributed by atoms with Crippen molar-refractivity contribution >= 4 is 23.3 Å². The van der Waals surface area contributed by atoms with E-state index >= 15 is 0 Å². The molecule has 0 saturated carbocycles. The number of esters is 2. The molecule has 10 nitrogen and oxygen atoms in total. The Balaban J connectivity index is 1.40. The van der Waals surface area contributed by atoms with Crippen LogP contribution in [0, 0.1) is 5.92 Å². The molecule has 0 aromatic heterocycles. The predicted octanol–water partition coefficient (Wildman–Crippen LogP) is 5.32. The van der Waals surface area contributed by atoms with E-state index in [-0.39, 0.29) is 25.1 Å². The van der Waals surface area contributed by atoms with Gasteiger partial charge in [0.1, 0.15) is 13.2 Å². The summed E-state index contributed by atoms with van der Waals surface area (Å²) in [7, 11) is 0. The molecule has 1 heterocycles. The zero-order valence-electron chi connectivity index (χ0n) is 21.0. The van der Waals surface area contributed by atoms with Gasteiger partial charge in [-0.25, -0.2) is 4.79 Å². The van der Waals surface area contributed by atoms with Crippen LogP contribution in [0.3, 0.4) is 0 Å². The fourth-order valence-electron chi connectivity index (χ4n) is 3.00. The van der Waals surface area contributed by atoms with E-state index in [1.54, 1.807) is 6.92 Å². The van der Waals surface area contributed by atoms with Crippen molar-refractivity contribution < 1.29 is 19.1 Å². The summed E-state index contributed by atoms with van der Waals surface area (Å²) >= 11 is 0. The SMILES string of the molecule is C=C(C)C(=O)OCc1ccc(N=NN2CCN(N=Nc3ccc(COC(=O)C(C)C)cc3)CC2)cc1. The third-order valence-corrected chi connectivity index (χ3v) is 5.25. The number of rotatable bonds is 10. The van der Waals surface area contributed by atoms with Gasteiger partial charge in [0.05, 0.1) is 43.5 Å². The van der Waals surface area contributed by atoms with Gasteiger partial charge in [0.15, 0.2) is 0 Å². The normalized spacial score (nSPS) is 14.0. The second kappa shape index (κ2) is 13.1. The average Bonchev–Trinajstić information content (AvgIpc) is 2.89. The first-order valence-corrected chi connectivity index (χ1v) is 11.8. The first-order chi connectivity index (χ1) is 17.3. The minimum absolute atomic E-state index is 0.141. The maximum Gasteiger partial charge on any atom is 0.333 e. The Hall–Kier alpha value is -4.08. The van der Waals surface area contributed by atoms with Gasteiger partial charge in [0.25, 0.3) is 0 Å². The number of ether oxygens (including phenoxy) is 2. The highest BCUT2D eigenvalue weighted by Gasteiger charge is 2.14. The molecule has 1 saturated heterocycles. The maximum atomic E-state index is 11.6. The second-order valence-corrected chi connectivity index (χ2v) is 8.74. The van der Waals surface area contributed by atoms with E-state index in [1.807, 2.05) is 72.4 Å². The molecule has 1 aliphatic rings. The summed E-state index contributed by atoms with van der Waals surface area (Å²) in [6.07, 6.45) is 0. The molecular weight excluding hydrogens is 460 g/mol. The second-order valence-electron chi connectivity index (χ2n) is 8.74. The Morgan fingerprint density at radius 2 is 1.22 bits per heavy atom. The number of piperazine rings is 1. The first-order valence-electron chi connectivity index (χ1n) is 11.8.